The van der Waals surface area contributed by atoms with Crippen molar-refractivity contribution in [1.82, 2.24) is 14.8 Å². The Bertz CT molecular complexity index is 483. The van der Waals surface area contributed by atoms with Gasteiger partial charge in [-0.1, -0.05) is 20.8 Å². The Balaban J connectivity index is 2.05. The molecule has 1 aromatic heterocycles. The molecule has 1 aromatic rings. The van der Waals surface area contributed by atoms with Crippen molar-refractivity contribution in [3.8, 4) is 0 Å². The van der Waals surface area contributed by atoms with Crippen molar-refractivity contribution < 1.29 is 9.90 Å². The van der Waals surface area contributed by atoms with E-state index in [-0.39, 0.29) is 10.8 Å². The Kier molecular flexibility index (Phi) is 3.65. The predicted octanol–water partition coefficient (Wildman–Crippen LogP) is 2.98. The lowest BCUT2D eigenvalue weighted by atomic mass is 9.58. The van der Waals surface area contributed by atoms with Crippen LogP contribution in [0.4, 0.5) is 0 Å². The number of aromatic nitrogens is 3. The van der Waals surface area contributed by atoms with Gasteiger partial charge in [-0.25, -0.2) is 4.98 Å². The highest BCUT2D eigenvalue weighted by atomic mass is 16.4. The lowest BCUT2D eigenvalue weighted by Gasteiger charge is -2.45. The maximum absolute atomic E-state index is 11.7. The Labute approximate surface area is 120 Å². The van der Waals surface area contributed by atoms with Gasteiger partial charge in [0.2, 0.25) is 0 Å². The maximum atomic E-state index is 11.7. The molecule has 0 radical (unpaired) electrons. The van der Waals surface area contributed by atoms with Gasteiger partial charge < -0.3 is 5.11 Å². The summed E-state index contributed by atoms with van der Waals surface area (Å²) in [6.45, 7) is 9.21. The van der Waals surface area contributed by atoms with Gasteiger partial charge in [0.05, 0.1) is 5.41 Å². The molecular formula is C15H25N3O2. The average Bonchev–Trinajstić information content (AvgIpc) is 2.93. The summed E-state index contributed by atoms with van der Waals surface area (Å²) >= 11 is 0. The Morgan fingerprint density at radius 3 is 2.50 bits per heavy atom. The third-order valence-electron chi connectivity index (χ3n) is 6.12. The van der Waals surface area contributed by atoms with Gasteiger partial charge in [-0.05, 0) is 43.4 Å². The van der Waals surface area contributed by atoms with E-state index >= 15 is 0 Å². The first-order valence-electron chi connectivity index (χ1n) is 7.29. The fourth-order valence-electron chi connectivity index (χ4n) is 3.61. The molecule has 1 N–H and O–H groups in total. The van der Waals surface area contributed by atoms with Crippen molar-refractivity contribution in [2.24, 2.45) is 16.2 Å². The molecule has 20 heavy (non-hydrogen) atoms. The van der Waals surface area contributed by atoms with Crippen LogP contribution in [-0.4, -0.2) is 25.8 Å². The van der Waals surface area contributed by atoms with Crippen LogP contribution in [0.3, 0.4) is 0 Å². The Hall–Kier alpha value is -1.39. The molecule has 0 aliphatic heterocycles. The summed E-state index contributed by atoms with van der Waals surface area (Å²) in [5.74, 6) is -0.664. The lowest BCUT2D eigenvalue weighted by molar-refractivity contribution is -0.156. The van der Waals surface area contributed by atoms with Gasteiger partial charge in [0.15, 0.2) is 0 Å². The third kappa shape index (κ3) is 2.13. The Morgan fingerprint density at radius 2 is 2.00 bits per heavy atom. The van der Waals surface area contributed by atoms with Gasteiger partial charge in [0.1, 0.15) is 12.7 Å². The number of aryl methyl sites for hydroxylation is 1. The van der Waals surface area contributed by atoms with Crippen molar-refractivity contribution in [2.45, 2.75) is 59.9 Å². The van der Waals surface area contributed by atoms with Crippen molar-refractivity contribution in [2.75, 3.05) is 0 Å². The molecule has 0 bridgehead atoms. The van der Waals surface area contributed by atoms with Crippen molar-refractivity contribution in [3.05, 3.63) is 12.7 Å². The summed E-state index contributed by atoms with van der Waals surface area (Å²) in [6, 6.07) is 0. The molecule has 0 amide bonds. The molecule has 2 atom stereocenters. The van der Waals surface area contributed by atoms with E-state index in [2.05, 4.69) is 30.9 Å². The van der Waals surface area contributed by atoms with E-state index in [1.165, 1.54) is 0 Å². The largest absolute Gasteiger partial charge is 0.481 e. The molecule has 2 rings (SSSR count). The number of carboxylic acid groups (broad SMARTS) is 1. The van der Waals surface area contributed by atoms with Crippen molar-refractivity contribution in [1.29, 1.82) is 0 Å². The topological polar surface area (TPSA) is 68.0 Å². The van der Waals surface area contributed by atoms with Crippen LogP contribution >= 0.6 is 0 Å². The zero-order valence-electron chi connectivity index (χ0n) is 12.9. The summed E-state index contributed by atoms with van der Waals surface area (Å²) in [5, 5.41) is 13.7. The van der Waals surface area contributed by atoms with Crippen molar-refractivity contribution in [3.63, 3.8) is 0 Å². The van der Waals surface area contributed by atoms with Crippen LogP contribution in [0.15, 0.2) is 12.7 Å². The minimum Gasteiger partial charge on any atom is -0.481 e. The molecule has 1 saturated carbocycles. The van der Waals surface area contributed by atoms with Crippen LogP contribution in [0.1, 0.15) is 53.4 Å². The number of carboxylic acids is 1. The first-order chi connectivity index (χ1) is 9.23. The zero-order chi connectivity index (χ0) is 15.0. The molecule has 0 saturated heterocycles. The molecule has 1 heterocycles. The second kappa shape index (κ2) is 4.86. The number of aliphatic carboxylic acids is 1. The fourth-order valence-corrected chi connectivity index (χ4v) is 3.61. The third-order valence-corrected chi connectivity index (χ3v) is 6.12. The highest BCUT2D eigenvalue weighted by Crippen LogP contribution is 2.64. The monoisotopic (exact) mass is 279 g/mol. The van der Waals surface area contributed by atoms with E-state index in [0.717, 1.165) is 32.2 Å². The van der Waals surface area contributed by atoms with Gasteiger partial charge in [0.25, 0.3) is 0 Å². The van der Waals surface area contributed by atoms with Gasteiger partial charge >= 0.3 is 5.97 Å². The average molecular weight is 279 g/mol. The SMILES string of the molecule is CC1(C)[C@](C)(CCCn2cncn2)CC[C@]1(C)C(=O)O. The smallest absolute Gasteiger partial charge is 0.309 e. The number of carbonyl (C=O) groups is 1. The maximum Gasteiger partial charge on any atom is 0.309 e. The number of hydrogen-bond donors (Lipinski definition) is 1. The second-order valence-electron chi connectivity index (χ2n) is 7.09. The molecule has 0 unspecified atom stereocenters. The number of rotatable bonds is 5. The minimum absolute atomic E-state index is 0.0563. The number of nitrogens with zero attached hydrogens (tertiary/aromatic N) is 3. The second-order valence-corrected chi connectivity index (χ2v) is 7.09. The highest BCUT2D eigenvalue weighted by molar-refractivity contribution is 5.76. The summed E-state index contributed by atoms with van der Waals surface area (Å²) < 4.78 is 1.84. The van der Waals surface area contributed by atoms with E-state index in [4.69, 9.17) is 0 Å². The molecule has 0 aromatic carbocycles. The molecule has 5 heteroatoms. The Morgan fingerprint density at radius 1 is 1.30 bits per heavy atom. The van der Waals surface area contributed by atoms with E-state index in [1.807, 2.05) is 11.6 Å². The molecule has 1 fully saturated rings. The molecule has 1 aliphatic carbocycles. The van der Waals surface area contributed by atoms with E-state index in [1.54, 1.807) is 12.7 Å². The van der Waals surface area contributed by atoms with Crippen molar-refractivity contribution >= 4 is 5.97 Å². The minimum atomic E-state index is -0.664. The summed E-state index contributed by atoms with van der Waals surface area (Å²) in [4.78, 5) is 15.6. The van der Waals surface area contributed by atoms with Crippen LogP contribution < -0.4 is 0 Å². The van der Waals surface area contributed by atoms with Crippen LogP contribution in [0.2, 0.25) is 0 Å². The lowest BCUT2D eigenvalue weighted by Crippen LogP contribution is -2.44. The van der Waals surface area contributed by atoms with Crippen LogP contribution in [-0.2, 0) is 11.3 Å². The summed E-state index contributed by atoms with van der Waals surface area (Å²) in [6.07, 6.45) is 7.02. The van der Waals surface area contributed by atoms with Crippen LogP contribution in [0, 0.1) is 16.2 Å². The molecule has 0 spiro atoms. The van der Waals surface area contributed by atoms with E-state index < -0.39 is 11.4 Å². The number of hydrogen-bond acceptors (Lipinski definition) is 3. The summed E-state index contributed by atoms with van der Waals surface area (Å²) in [7, 11) is 0. The zero-order valence-corrected chi connectivity index (χ0v) is 12.9. The standard InChI is InChI=1S/C15H25N3O2/c1-13(2)14(3,7-8-15(13,4)12(19)20)6-5-9-18-11-16-10-17-18/h10-11H,5-9H2,1-4H3,(H,19,20)/t14-,15-/m1/s1. The van der Waals surface area contributed by atoms with E-state index in [0.29, 0.717) is 0 Å². The van der Waals surface area contributed by atoms with Crippen LogP contribution in [0.5, 0.6) is 0 Å². The van der Waals surface area contributed by atoms with Crippen LogP contribution in [0.25, 0.3) is 0 Å². The molecule has 1 aliphatic rings. The molecule has 112 valence electrons. The first-order valence-corrected chi connectivity index (χ1v) is 7.29. The van der Waals surface area contributed by atoms with Gasteiger partial charge in [-0.2, -0.15) is 5.10 Å². The van der Waals surface area contributed by atoms with Gasteiger partial charge in [-0.15, -0.1) is 0 Å². The molecule has 5 nitrogen and oxygen atoms in total. The van der Waals surface area contributed by atoms with E-state index in [9.17, 15) is 9.90 Å². The van der Waals surface area contributed by atoms with Gasteiger partial charge in [0, 0.05) is 6.54 Å². The normalized spacial score (nSPS) is 32.4. The predicted molar refractivity (Wildman–Crippen MR) is 76.1 cm³/mol. The fraction of sp³-hybridized carbons (Fsp3) is 0.800. The molecular weight excluding hydrogens is 254 g/mol. The van der Waals surface area contributed by atoms with Gasteiger partial charge in [-0.3, -0.25) is 9.48 Å². The first kappa shape index (κ1) is 15.0. The quantitative estimate of drug-likeness (QED) is 0.899. The highest BCUT2D eigenvalue weighted by Gasteiger charge is 2.61. The summed E-state index contributed by atoms with van der Waals surface area (Å²) in [5.41, 5.74) is -0.788.